The van der Waals surface area contributed by atoms with E-state index in [2.05, 4.69) is 4.99 Å². The lowest BCUT2D eigenvalue weighted by atomic mass is 10.3. The molecule has 1 amide bonds. The van der Waals surface area contributed by atoms with E-state index in [0.717, 1.165) is 0 Å². The first-order valence-corrected chi connectivity index (χ1v) is 12.0. The first-order chi connectivity index (χ1) is 14.3. The third-order valence-corrected chi connectivity index (χ3v) is 7.48. The van der Waals surface area contributed by atoms with Crippen molar-refractivity contribution in [3.05, 3.63) is 58.1 Å². The zero-order valence-electron chi connectivity index (χ0n) is 16.2. The number of hydrogen-bond acceptors (Lipinski definition) is 5. The molecule has 30 heavy (non-hydrogen) atoms. The summed E-state index contributed by atoms with van der Waals surface area (Å²) in [5.74, 6) is -1.04. The van der Waals surface area contributed by atoms with Crippen molar-refractivity contribution < 1.29 is 22.3 Å². The van der Waals surface area contributed by atoms with Gasteiger partial charge in [0.2, 0.25) is 5.91 Å². The second-order valence-corrected chi connectivity index (χ2v) is 10.1. The number of ether oxygens (including phenoxy) is 1. The lowest BCUT2D eigenvalue weighted by Crippen LogP contribution is -2.20. The molecule has 6 nitrogen and oxygen atoms in total. The number of fused-ring (bicyclic) bond motifs is 1. The van der Waals surface area contributed by atoms with Crippen LogP contribution in [0.15, 0.2) is 52.4 Å². The number of rotatable bonds is 8. The molecule has 0 unspecified atom stereocenters. The quantitative estimate of drug-likeness (QED) is 0.501. The molecule has 0 fully saturated rings. The Bertz CT molecular complexity index is 1220. The second kappa shape index (κ2) is 9.82. The minimum absolute atomic E-state index is 0.0339. The number of amides is 1. The summed E-state index contributed by atoms with van der Waals surface area (Å²) in [6.07, 6.45) is 0.0957. The highest BCUT2D eigenvalue weighted by molar-refractivity contribution is 7.91. The molecule has 0 spiro atoms. The average molecular weight is 471 g/mol. The summed E-state index contributed by atoms with van der Waals surface area (Å²) in [5, 5.41) is 0.449. The van der Waals surface area contributed by atoms with E-state index < -0.39 is 21.6 Å². The predicted octanol–water partition coefficient (Wildman–Crippen LogP) is 3.82. The van der Waals surface area contributed by atoms with Gasteiger partial charge in [-0.2, -0.15) is 4.99 Å². The summed E-state index contributed by atoms with van der Waals surface area (Å²) >= 11 is 6.99. The molecule has 10 heteroatoms. The van der Waals surface area contributed by atoms with Gasteiger partial charge in [-0.25, -0.2) is 12.8 Å². The Morgan fingerprint density at radius 3 is 2.67 bits per heavy atom. The number of thiazole rings is 1. The van der Waals surface area contributed by atoms with E-state index in [9.17, 15) is 17.6 Å². The molecule has 0 radical (unpaired) electrons. The Hall–Kier alpha value is -2.07. The number of halogens is 2. The Balaban J connectivity index is 1.75. The number of nitrogens with zero attached hydrogens (tertiary/aromatic N) is 2. The number of para-hydroxylation sites is 1. The van der Waals surface area contributed by atoms with Crippen molar-refractivity contribution in [1.29, 1.82) is 0 Å². The van der Waals surface area contributed by atoms with Crippen LogP contribution in [0.2, 0.25) is 5.02 Å². The van der Waals surface area contributed by atoms with Crippen LogP contribution in [0, 0.1) is 5.82 Å². The van der Waals surface area contributed by atoms with E-state index in [1.54, 1.807) is 16.7 Å². The fraction of sp³-hybridized carbons (Fsp3) is 0.300. The number of carbonyl (C=O) groups excluding carboxylic acids is 1. The highest BCUT2D eigenvalue weighted by Crippen LogP contribution is 2.20. The summed E-state index contributed by atoms with van der Waals surface area (Å²) in [4.78, 5) is 17.0. The van der Waals surface area contributed by atoms with E-state index in [0.29, 0.717) is 33.2 Å². The van der Waals surface area contributed by atoms with Crippen molar-refractivity contribution in [2.45, 2.75) is 24.3 Å². The Labute approximate surface area is 182 Å². The molecule has 3 rings (SSSR count). The summed E-state index contributed by atoms with van der Waals surface area (Å²) < 4.78 is 46.4. The van der Waals surface area contributed by atoms with Crippen molar-refractivity contribution in [3.63, 3.8) is 0 Å². The van der Waals surface area contributed by atoms with Crippen molar-refractivity contribution in [2.24, 2.45) is 4.99 Å². The molecule has 0 bridgehead atoms. The fourth-order valence-electron chi connectivity index (χ4n) is 2.90. The fourth-order valence-corrected chi connectivity index (χ4v) is 5.42. The maximum Gasteiger partial charge on any atom is 0.248 e. The van der Waals surface area contributed by atoms with Gasteiger partial charge in [-0.15, -0.1) is 0 Å². The molecule has 0 atom stereocenters. The molecule has 0 aliphatic carbocycles. The standard InChI is InChI=1S/C20H20ClFN2O4S2/c1-28-12-11-24-19-16(22)4-2-5-17(19)29-20(24)23-18(25)6-3-13-30(26,27)15-9-7-14(21)8-10-15/h2,4-5,7-10H,3,6,11-13H2,1H3. The SMILES string of the molecule is COCCn1c(=NC(=O)CCCS(=O)(=O)c2ccc(Cl)cc2)sc2cccc(F)c21. The summed E-state index contributed by atoms with van der Waals surface area (Å²) in [6.45, 7) is 0.676. The van der Waals surface area contributed by atoms with Gasteiger partial charge in [0.15, 0.2) is 14.6 Å². The third kappa shape index (κ3) is 5.34. The first-order valence-electron chi connectivity index (χ1n) is 9.14. The molecular weight excluding hydrogens is 451 g/mol. The van der Waals surface area contributed by atoms with E-state index in [4.69, 9.17) is 16.3 Å². The van der Waals surface area contributed by atoms with Gasteiger partial charge in [-0.1, -0.05) is 29.0 Å². The number of benzene rings is 2. The van der Waals surface area contributed by atoms with Gasteiger partial charge >= 0.3 is 0 Å². The zero-order valence-corrected chi connectivity index (χ0v) is 18.6. The van der Waals surface area contributed by atoms with Gasteiger partial charge in [0.1, 0.15) is 5.82 Å². The molecule has 3 aromatic rings. The maximum atomic E-state index is 14.3. The lowest BCUT2D eigenvalue weighted by molar-refractivity contribution is -0.118. The van der Waals surface area contributed by atoms with Gasteiger partial charge in [-0.3, -0.25) is 4.79 Å². The molecule has 0 aliphatic heterocycles. The van der Waals surface area contributed by atoms with E-state index >= 15 is 0 Å². The van der Waals surface area contributed by atoms with Crippen LogP contribution in [0.25, 0.3) is 10.2 Å². The van der Waals surface area contributed by atoms with E-state index in [1.807, 2.05) is 0 Å². The van der Waals surface area contributed by atoms with Gasteiger partial charge < -0.3 is 9.30 Å². The predicted molar refractivity (Wildman–Crippen MR) is 115 cm³/mol. The summed E-state index contributed by atoms with van der Waals surface area (Å²) in [7, 11) is -1.98. The topological polar surface area (TPSA) is 77.7 Å². The van der Waals surface area contributed by atoms with Gasteiger partial charge in [0.25, 0.3) is 0 Å². The zero-order chi connectivity index (χ0) is 21.7. The maximum absolute atomic E-state index is 14.3. The smallest absolute Gasteiger partial charge is 0.248 e. The molecule has 1 heterocycles. The summed E-state index contributed by atoms with van der Waals surface area (Å²) in [5.41, 5.74) is 0.372. The third-order valence-electron chi connectivity index (χ3n) is 4.37. The second-order valence-electron chi connectivity index (χ2n) is 6.50. The van der Waals surface area contributed by atoms with Crippen LogP contribution in [-0.4, -0.2) is 38.4 Å². The minimum atomic E-state index is -3.51. The highest BCUT2D eigenvalue weighted by atomic mass is 35.5. The van der Waals surface area contributed by atoms with Crippen LogP contribution >= 0.6 is 22.9 Å². The molecule has 160 valence electrons. The van der Waals surface area contributed by atoms with Gasteiger partial charge in [0, 0.05) is 25.1 Å². The minimum Gasteiger partial charge on any atom is -0.383 e. The first kappa shape index (κ1) is 22.6. The number of methoxy groups -OCH3 is 1. The summed E-state index contributed by atoms with van der Waals surface area (Å²) in [6, 6.07) is 10.6. The van der Waals surface area contributed by atoms with Crippen LogP contribution in [0.3, 0.4) is 0 Å². The molecule has 0 saturated carbocycles. The van der Waals surface area contributed by atoms with Crippen molar-refractivity contribution >= 4 is 48.9 Å². The number of aromatic nitrogens is 1. The van der Waals surface area contributed by atoms with Crippen LogP contribution in [0.4, 0.5) is 4.39 Å². The monoisotopic (exact) mass is 470 g/mol. The van der Waals surface area contributed by atoms with Crippen molar-refractivity contribution in [3.8, 4) is 0 Å². The van der Waals surface area contributed by atoms with E-state index in [1.165, 1.54) is 48.8 Å². The molecule has 0 saturated heterocycles. The largest absolute Gasteiger partial charge is 0.383 e. The van der Waals surface area contributed by atoms with Crippen LogP contribution < -0.4 is 4.80 Å². The average Bonchev–Trinajstić information content (AvgIpc) is 3.04. The lowest BCUT2D eigenvalue weighted by Gasteiger charge is -2.05. The van der Waals surface area contributed by atoms with Crippen LogP contribution in [-0.2, 0) is 25.9 Å². The van der Waals surface area contributed by atoms with E-state index in [-0.39, 0.29) is 23.5 Å². The molecule has 0 N–H and O–H groups in total. The van der Waals surface area contributed by atoms with Crippen molar-refractivity contribution in [2.75, 3.05) is 19.5 Å². The number of carbonyl (C=O) groups is 1. The molecular formula is C20H20ClFN2O4S2. The van der Waals surface area contributed by atoms with Crippen molar-refractivity contribution in [1.82, 2.24) is 4.57 Å². The van der Waals surface area contributed by atoms with Gasteiger partial charge in [-0.05, 0) is 42.8 Å². The number of hydrogen-bond donors (Lipinski definition) is 0. The van der Waals surface area contributed by atoms with Crippen LogP contribution in [0.5, 0.6) is 0 Å². The number of sulfone groups is 1. The molecule has 1 aromatic heterocycles. The van der Waals surface area contributed by atoms with Crippen LogP contribution in [0.1, 0.15) is 12.8 Å². The molecule has 2 aromatic carbocycles. The normalized spacial score (nSPS) is 12.6. The Morgan fingerprint density at radius 2 is 1.97 bits per heavy atom. The Morgan fingerprint density at radius 1 is 1.23 bits per heavy atom. The Kier molecular flexibility index (Phi) is 7.41. The highest BCUT2D eigenvalue weighted by Gasteiger charge is 2.16. The molecule has 0 aliphatic rings. The van der Waals surface area contributed by atoms with Gasteiger partial charge in [0.05, 0.1) is 27.5 Å².